The third-order valence-electron chi connectivity index (χ3n) is 2.41. The number of carbonyl (C=O) groups excluding carboxylic acids is 1. The highest BCUT2D eigenvalue weighted by atomic mass is 16.5. The Morgan fingerprint density at radius 2 is 2.46 bits per heavy atom. The number of carbonyl (C=O) groups is 1. The monoisotopic (exact) mass is 188 g/mol. The van der Waals surface area contributed by atoms with Gasteiger partial charge < -0.3 is 14.6 Å². The van der Waals surface area contributed by atoms with Crippen LogP contribution in [0, 0.1) is 5.92 Å². The van der Waals surface area contributed by atoms with Crippen molar-refractivity contribution in [3.63, 3.8) is 0 Å². The molecular weight excluding hydrogens is 172 g/mol. The summed E-state index contributed by atoms with van der Waals surface area (Å²) < 4.78 is 9.88. The lowest BCUT2D eigenvalue weighted by Gasteiger charge is -2.26. The molecule has 1 rings (SSSR count). The van der Waals surface area contributed by atoms with Crippen molar-refractivity contribution in [1.29, 1.82) is 0 Å². The number of rotatable bonds is 3. The van der Waals surface area contributed by atoms with Crippen LogP contribution in [0.2, 0.25) is 0 Å². The molecule has 0 spiro atoms. The molecule has 0 radical (unpaired) electrons. The van der Waals surface area contributed by atoms with Crippen molar-refractivity contribution in [3.05, 3.63) is 0 Å². The zero-order valence-electron chi connectivity index (χ0n) is 8.08. The molecule has 0 aromatic heterocycles. The SMILES string of the molecule is CCOC(=O)C(C)(O)C1CCOC1. The van der Waals surface area contributed by atoms with E-state index in [0.29, 0.717) is 26.2 Å². The van der Waals surface area contributed by atoms with Gasteiger partial charge in [-0.05, 0) is 20.3 Å². The molecule has 4 heteroatoms. The van der Waals surface area contributed by atoms with Crippen molar-refractivity contribution >= 4 is 5.97 Å². The van der Waals surface area contributed by atoms with E-state index in [1.807, 2.05) is 0 Å². The molecule has 4 nitrogen and oxygen atoms in total. The number of hydrogen-bond donors (Lipinski definition) is 1. The maximum absolute atomic E-state index is 11.3. The van der Waals surface area contributed by atoms with Crippen LogP contribution in [0.4, 0.5) is 0 Å². The first-order valence-corrected chi connectivity index (χ1v) is 4.56. The molecule has 76 valence electrons. The molecule has 0 aromatic rings. The Morgan fingerprint density at radius 3 is 2.92 bits per heavy atom. The van der Waals surface area contributed by atoms with E-state index < -0.39 is 11.6 Å². The summed E-state index contributed by atoms with van der Waals surface area (Å²) in [5.74, 6) is -0.683. The van der Waals surface area contributed by atoms with Gasteiger partial charge in [0.05, 0.1) is 13.2 Å². The van der Waals surface area contributed by atoms with E-state index in [2.05, 4.69) is 0 Å². The first-order valence-electron chi connectivity index (χ1n) is 4.56. The summed E-state index contributed by atoms with van der Waals surface area (Å²) in [6, 6.07) is 0. The summed E-state index contributed by atoms with van der Waals surface area (Å²) >= 11 is 0. The van der Waals surface area contributed by atoms with Crippen molar-refractivity contribution in [2.24, 2.45) is 5.92 Å². The Balaban J connectivity index is 2.57. The number of ether oxygens (including phenoxy) is 2. The first-order chi connectivity index (χ1) is 6.09. The van der Waals surface area contributed by atoms with E-state index in [0.717, 1.165) is 0 Å². The topological polar surface area (TPSA) is 55.8 Å². The highest BCUT2D eigenvalue weighted by Gasteiger charge is 2.42. The van der Waals surface area contributed by atoms with Gasteiger partial charge >= 0.3 is 5.97 Å². The van der Waals surface area contributed by atoms with Crippen LogP contribution in [0.15, 0.2) is 0 Å². The van der Waals surface area contributed by atoms with Gasteiger partial charge in [0.25, 0.3) is 0 Å². The molecule has 2 unspecified atom stereocenters. The minimum Gasteiger partial charge on any atom is -0.464 e. The van der Waals surface area contributed by atoms with E-state index in [9.17, 15) is 9.90 Å². The molecule has 1 aliphatic rings. The van der Waals surface area contributed by atoms with Crippen molar-refractivity contribution in [2.75, 3.05) is 19.8 Å². The summed E-state index contributed by atoms with van der Waals surface area (Å²) in [5.41, 5.74) is -1.40. The first kappa shape index (κ1) is 10.5. The van der Waals surface area contributed by atoms with Gasteiger partial charge in [-0.15, -0.1) is 0 Å². The minimum absolute atomic E-state index is 0.133. The lowest BCUT2D eigenvalue weighted by atomic mass is 9.89. The van der Waals surface area contributed by atoms with Crippen molar-refractivity contribution in [3.8, 4) is 0 Å². The van der Waals surface area contributed by atoms with E-state index in [1.54, 1.807) is 6.92 Å². The average molecular weight is 188 g/mol. The minimum atomic E-state index is -1.40. The van der Waals surface area contributed by atoms with Crippen LogP contribution in [-0.2, 0) is 14.3 Å². The van der Waals surface area contributed by atoms with Gasteiger partial charge in [-0.25, -0.2) is 4.79 Å². The zero-order valence-corrected chi connectivity index (χ0v) is 8.08. The Bertz CT molecular complexity index is 182. The molecule has 1 aliphatic heterocycles. The Kier molecular flexibility index (Phi) is 3.27. The van der Waals surface area contributed by atoms with Crippen molar-refractivity contribution in [1.82, 2.24) is 0 Å². The molecule has 0 bridgehead atoms. The summed E-state index contributed by atoms with van der Waals surface area (Å²) in [4.78, 5) is 11.3. The quantitative estimate of drug-likeness (QED) is 0.649. The molecule has 0 amide bonds. The summed E-state index contributed by atoms with van der Waals surface area (Å²) in [7, 11) is 0. The smallest absolute Gasteiger partial charge is 0.338 e. The fourth-order valence-corrected chi connectivity index (χ4v) is 1.42. The number of esters is 1. The second-order valence-corrected chi connectivity index (χ2v) is 3.43. The molecule has 1 N–H and O–H groups in total. The van der Waals surface area contributed by atoms with Crippen LogP contribution < -0.4 is 0 Å². The van der Waals surface area contributed by atoms with Gasteiger partial charge in [-0.3, -0.25) is 0 Å². The van der Waals surface area contributed by atoms with E-state index in [1.165, 1.54) is 6.92 Å². The Morgan fingerprint density at radius 1 is 1.77 bits per heavy atom. The average Bonchev–Trinajstić information content (AvgIpc) is 2.56. The molecule has 1 heterocycles. The number of hydrogen-bond acceptors (Lipinski definition) is 4. The van der Waals surface area contributed by atoms with E-state index >= 15 is 0 Å². The highest BCUT2D eigenvalue weighted by molar-refractivity contribution is 5.79. The molecule has 13 heavy (non-hydrogen) atoms. The van der Waals surface area contributed by atoms with Crippen LogP contribution in [0.25, 0.3) is 0 Å². The largest absolute Gasteiger partial charge is 0.464 e. The summed E-state index contributed by atoms with van der Waals surface area (Å²) in [6.45, 7) is 4.55. The van der Waals surface area contributed by atoms with Gasteiger partial charge in [-0.1, -0.05) is 0 Å². The second kappa shape index (κ2) is 4.07. The fourth-order valence-electron chi connectivity index (χ4n) is 1.42. The zero-order chi connectivity index (χ0) is 9.90. The van der Waals surface area contributed by atoms with E-state index in [4.69, 9.17) is 9.47 Å². The van der Waals surface area contributed by atoms with Crippen LogP contribution in [-0.4, -0.2) is 36.5 Å². The summed E-state index contributed by atoms with van der Waals surface area (Å²) in [5, 5.41) is 9.86. The normalized spacial score (nSPS) is 26.8. The molecule has 0 saturated carbocycles. The molecule has 1 saturated heterocycles. The predicted molar refractivity (Wildman–Crippen MR) is 46.2 cm³/mol. The molecular formula is C9H16O4. The second-order valence-electron chi connectivity index (χ2n) is 3.43. The van der Waals surface area contributed by atoms with Crippen molar-refractivity contribution < 1.29 is 19.4 Å². The third kappa shape index (κ3) is 2.19. The fraction of sp³-hybridized carbons (Fsp3) is 0.889. The van der Waals surface area contributed by atoms with Gasteiger partial charge in [0, 0.05) is 12.5 Å². The predicted octanol–water partition coefficient (Wildman–Crippen LogP) is 0.337. The lowest BCUT2D eigenvalue weighted by molar-refractivity contribution is -0.169. The standard InChI is InChI=1S/C9H16O4/c1-3-13-8(10)9(2,11)7-4-5-12-6-7/h7,11H,3-6H2,1-2H3. The maximum atomic E-state index is 11.3. The van der Waals surface area contributed by atoms with Crippen LogP contribution in [0.3, 0.4) is 0 Å². The molecule has 0 aromatic carbocycles. The summed E-state index contributed by atoms with van der Waals surface area (Å²) in [6.07, 6.45) is 0.714. The van der Waals surface area contributed by atoms with Crippen LogP contribution in [0.5, 0.6) is 0 Å². The highest BCUT2D eigenvalue weighted by Crippen LogP contribution is 2.26. The maximum Gasteiger partial charge on any atom is 0.338 e. The Hall–Kier alpha value is -0.610. The van der Waals surface area contributed by atoms with Gasteiger partial charge in [0.2, 0.25) is 0 Å². The Labute approximate surface area is 77.8 Å². The molecule has 0 aliphatic carbocycles. The van der Waals surface area contributed by atoms with E-state index in [-0.39, 0.29) is 5.92 Å². The number of aliphatic hydroxyl groups is 1. The lowest BCUT2D eigenvalue weighted by Crippen LogP contribution is -2.44. The van der Waals surface area contributed by atoms with Crippen LogP contribution >= 0.6 is 0 Å². The van der Waals surface area contributed by atoms with Gasteiger partial charge in [0.1, 0.15) is 0 Å². The van der Waals surface area contributed by atoms with Gasteiger partial charge in [0.15, 0.2) is 5.60 Å². The van der Waals surface area contributed by atoms with Gasteiger partial charge in [-0.2, -0.15) is 0 Å². The molecule has 1 fully saturated rings. The third-order valence-corrected chi connectivity index (χ3v) is 2.41. The van der Waals surface area contributed by atoms with Crippen LogP contribution in [0.1, 0.15) is 20.3 Å². The molecule has 2 atom stereocenters. The van der Waals surface area contributed by atoms with Crippen molar-refractivity contribution in [2.45, 2.75) is 25.9 Å².